The Balaban J connectivity index is 1.27. The highest BCUT2D eigenvalue weighted by Crippen LogP contribution is 2.34. The van der Waals surface area contributed by atoms with E-state index in [1.54, 1.807) is 7.11 Å². The van der Waals surface area contributed by atoms with E-state index in [-0.39, 0.29) is 5.91 Å². The van der Waals surface area contributed by atoms with Gasteiger partial charge in [0, 0.05) is 43.2 Å². The Hall–Kier alpha value is -2.71. The van der Waals surface area contributed by atoms with E-state index in [0.29, 0.717) is 23.3 Å². The van der Waals surface area contributed by atoms with Crippen LogP contribution in [0, 0.1) is 18.8 Å². The SMILES string of the molecule is COc1ccc(NC(=O)c2nnc3n2C[C@@H]2CN(Cc4sccc4C)C[C@H]2C3)cc1. The van der Waals surface area contributed by atoms with Gasteiger partial charge in [0.1, 0.15) is 11.6 Å². The molecule has 1 N–H and O–H groups in total. The first-order valence-corrected chi connectivity index (χ1v) is 11.1. The minimum Gasteiger partial charge on any atom is -0.497 e. The molecule has 0 unspecified atom stereocenters. The number of thiophene rings is 1. The third-order valence-corrected chi connectivity index (χ3v) is 7.24. The van der Waals surface area contributed by atoms with Gasteiger partial charge in [-0.05, 0) is 60.0 Å². The number of hydrogen-bond acceptors (Lipinski definition) is 6. The van der Waals surface area contributed by atoms with E-state index in [4.69, 9.17) is 4.74 Å². The van der Waals surface area contributed by atoms with Crippen molar-refractivity contribution in [1.29, 1.82) is 0 Å². The highest BCUT2D eigenvalue weighted by molar-refractivity contribution is 7.10. The lowest BCUT2D eigenvalue weighted by Crippen LogP contribution is -2.31. The Kier molecular flexibility index (Phi) is 5.04. The molecule has 1 fully saturated rings. The van der Waals surface area contributed by atoms with Gasteiger partial charge in [-0.3, -0.25) is 9.69 Å². The van der Waals surface area contributed by atoms with Gasteiger partial charge >= 0.3 is 0 Å². The van der Waals surface area contributed by atoms with Crippen molar-refractivity contribution >= 4 is 22.9 Å². The molecule has 4 heterocycles. The van der Waals surface area contributed by atoms with E-state index in [2.05, 4.69) is 38.8 Å². The van der Waals surface area contributed by atoms with Gasteiger partial charge in [-0.25, -0.2) is 0 Å². The highest BCUT2D eigenvalue weighted by atomic mass is 32.1. The molecule has 1 saturated heterocycles. The molecule has 0 spiro atoms. The Morgan fingerprint density at radius 3 is 2.70 bits per heavy atom. The number of likely N-dealkylation sites (tertiary alicyclic amines) is 1. The van der Waals surface area contributed by atoms with Crippen LogP contribution in [0.4, 0.5) is 5.69 Å². The molecule has 7 nitrogen and oxygen atoms in total. The minimum atomic E-state index is -0.221. The average molecular weight is 424 g/mol. The zero-order valence-corrected chi connectivity index (χ0v) is 18.0. The predicted octanol–water partition coefficient (Wildman–Crippen LogP) is 3.21. The largest absolute Gasteiger partial charge is 0.497 e. The van der Waals surface area contributed by atoms with Gasteiger partial charge in [0.15, 0.2) is 0 Å². The predicted molar refractivity (Wildman–Crippen MR) is 116 cm³/mol. The van der Waals surface area contributed by atoms with Crippen molar-refractivity contribution in [2.24, 2.45) is 11.8 Å². The molecule has 3 aromatic rings. The van der Waals surface area contributed by atoms with Crippen molar-refractivity contribution in [3.63, 3.8) is 0 Å². The summed E-state index contributed by atoms with van der Waals surface area (Å²) in [6.07, 6.45) is 0.882. The summed E-state index contributed by atoms with van der Waals surface area (Å²) in [5.74, 6) is 2.96. The molecule has 2 aliphatic heterocycles. The average Bonchev–Trinajstić information content (AvgIpc) is 3.45. The Bertz CT molecular complexity index is 1060. The Labute approximate surface area is 179 Å². The zero-order chi connectivity index (χ0) is 20.7. The van der Waals surface area contributed by atoms with Crippen LogP contribution < -0.4 is 10.1 Å². The molecule has 156 valence electrons. The maximum absolute atomic E-state index is 12.8. The molecule has 1 amide bonds. The number of amides is 1. The molecule has 2 atom stereocenters. The second kappa shape index (κ2) is 7.85. The van der Waals surface area contributed by atoms with Crippen molar-refractivity contribution in [3.05, 3.63) is 57.8 Å². The number of aromatic nitrogens is 3. The third-order valence-electron chi connectivity index (χ3n) is 6.23. The summed E-state index contributed by atoms with van der Waals surface area (Å²) >= 11 is 1.84. The summed E-state index contributed by atoms with van der Waals surface area (Å²) in [6, 6.07) is 9.48. The van der Waals surface area contributed by atoms with E-state index in [1.807, 2.05) is 40.2 Å². The topological polar surface area (TPSA) is 72.3 Å². The maximum Gasteiger partial charge on any atom is 0.293 e. The van der Waals surface area contributed by atoms with Gasteiger partial charge in [-0.1, -0.05) is 0 Å². The molecule has 1 aromatic carbocycles. The molecule has 0 radical (unpaired) electrons. The van der Waals surface area contributed by atoms with Crippen molar-refractivity contribution in [2.75, 3.05) is 25.5 Å². The van der Waals surface area contributed by atoms with Crippen LogP contribution in [-0.2, 0) is 19.5 Å². The zero-order valence-electron chi connectivity index (χ0n) is 17.2. The van der Waals surface area contributed by atoms with Crippen LogP contribution in [0.1, 0.15) is 26.9 Å². The number of anilines is 1. The fraction of sp³-hybridized carbons (Fsp3) is 0.409. The second-order valence-electron chi connectivity index (χ2n) is 8.18. The fourth-order valence-corrected chi connectivity index (χ4v) is 5.50. The number of rotatable bonds is 5. The lowest BCUT2D eigenvalue weighted by molar-refractivity contribution is 0.100. The number of methoxy groups -OCH3 is 1. The monoisotopic (exact) mass is 423 g/mol. The van der Waals surface area contributed by atoms with Gasteiger partial charge in [0.05, 0.1) is 7.11 Å². The first kappa shape index (κ1) is 19.3. The summed E-state index contributed by atoms with van der Waals surface area (Å²) < 4.78 is 7.18. The number of nitrogens with one attached hydrogen (secondary N) is 1. The molecule has 0 saturated carbocycles. The number of hydrogen-bond donors (Lipinski definition) is 1. The molecular formula is C22H25N5O2S. The third kappa shape index (κ3) is 3.61. The Morgan fingerprint density at radius 2 is 1.97 bits per heavy atom. The van der Waals surface area contributed by atoms with E-state index in [1.165, 1.54) is 10.4 Å². The van der Waals surface area contributed by atoms with E-state index in [0.717, 1.165) is 44.2 Å². The number of carbonyl (C=O) groups excluding carboxylic acids is 1. The van der Waals surface area contributed by atoms with E-state index >= 15 is 0 Å². The summed E-state index contributed by atoms with van der Waals surface area (Å²) in [4.78, 5) is 16.8. The van der Waals surface area contributed by atoms with Gasteiger partial charge in [0.25, 0.3) is 5.91 Å². The van der Waals surface area contributed by atoms with Gasteiger partial charge < -0.3 is 14.6 Å². The fourth-order valence-electron chi connectivity index (χ4n) is 4.55. The van der Waals surface area contributed by atoms with Crippen LogP contribution >= 0.6 is 11.3 Å². The molecule has 2 aliphatic rings. The van der Waals surface area contributed by atoms with Crippen LogP contribution in [0.25, 0.3) is 0 Å². The summed E-state index contributed by atoms with van der Waals surface area (Å²) in [7, 11) is 1.62. The number of ether oxygens (including phenoxy) is 1. The lowest BCUT2D eigenvalue weighted by Gasteiger charge is -2.25. The Morgan fingerprint density at radius 1 is 1.17 bits per heavy atom. The van der Waals surface area contributed by atoms with Gasteiger partial charge in [-0.15, -0.1) is 21.5 Å². The molecular weight excluding hydrogens is 398 g/mol. The van der Waals surface area contributed by atoms with Crippen LogP contribution in [0.2, 0.25) is 0 Å². The summed E-state index contributed by atoms with van der Waals surface area (Å²) in [6.45, 7) is 6.14. The molecule has 8 heteroatoms. The van der Waals surface area contributed by atoms with Crippen molar-refractivity contribution < 1.29 is 9.53 Å². The van der Waals surface area contributed by atoms with E-state index < -0.39 is 0 Å². The molecule has 5 rings (SSSR count). The normalized spacial score (nSPS) is 20.6. The van der Waals surface area contributed by atoms with Crippen LogP contribution in [0.3, 0.4) is 0 Å². The van der Waals surface area contributed by atoms with Gasteiger partial charge in [0.2, 0.25) is 5.82 Å². The second-order valence-corrected chi connectivity index (χ2v) is 9.18. The highest BCUT2D eigenvalue weighted by Gasteiger charge is 2.39. The first-order valence-electron chi connectivity index (χ1n) is 10.2. The molecule has 30 heavy (non-hydrogen) atoms. The van der Waals surface area contributed by atoms with Crippen LogP contribution in [0.15, 0.2) is 35.7 Å². The van der Waals surface area contributed by atoms with Gasteiger partial charge in [-0.2, -0.15) is 0 Å². The van der Waals surface area contributed by atoms with Crippen molar-refractivity contribution in [2.45, 2.75) is 26.4 Å². The standard InChI is InChI=1S/C22H25N5O2S/c1-14-7-8-30-19(14)13-26-10-15-9-20-24-25-21(27(20)12-16(15)11-26)22(28)23-17-3-5-18(29-2)6-4-17/h3-8,15-16H,9-13H2,1-2H3,(H,23,28)/t15-,16+/m1/s1. The van der Waals surface area contributed by atoms with E-state index in [9.17, 15) is 4.79 Å². The number of carbonyl (C=O) groups is 1. The lowest BCUT2D eigenvalue weighted by atomic mass is 9.89. The smallest absolute Gasteiger partial charge is 0.293 e. The van der Waals surface area contributed by atoms with Crippen LogP contribution in [-0.4, -0.2) is 45.8 Å². The molecule has 2 aromatic heterocycles. The quantitative estimate of drug-likeness (QED) is 0.682. The summed E-state index contributed by atoms with van der Waals surface area (Å²) in [5.41, 5.74) is 2.09. The van der Waals surface area contributed by atoms with Crippen molar-refractivity contribution in [3.8, 4) is 5.75 Å². The maximum atomic E-state index is 12.8. The first-order chi connectivity index (χ1) is 14.6. The minimum absolute atomic E-state index is 0.221. The number of aryl methyl sites for hydroxylation is 1. The summed E-state index contributed by atoms with van der Waals surface area (Å²) in [5, 5.41) is 13.6. The van der Waals surface area contributed by atoms with Crippen LogP contribution in [0.5, 0.6) is 5.75 Å². The van der Waals surface area contributed by atoms with Crippen molar-refractivity contribution in [1.82, 2.24) is 19.7 Å². The molecule has 0 aliphatic carbocycles. The number of nitrogens with zero attached hydrogens (tertiary/aromatic N) is 4. The number of fused-ring (bicyclic) bond motifs is 2. The molecule has 0 bridgehead atoms. The number of benzene rings is 1.